The lowest BCUT2D eigenvalue weighted by Crippen LogP contribution is -2.28. The summed E-state index contributed by atoms with van der Waals surface area (Å²) in [6.07, 6.45) is 1.77. The summed E-state index contributed by atoms with van der Waals surface area (Å²) in [5.74, 6) is -0.0262. The molecular formula is C18H24ClN3O5S. The number of anilines is 1. The van der Waals surface area contributed by atoms with Crippen LogP contribution in [0.25, 0.3) is 10.9 Å². The second kappa shape index (κ2) is 8.69. The number of pyridine rings is 1. The molecule has 0 aliphatic carbocycles. The Labute approximate surface area is 169 Å². The Morgan fingerprint density at radius 1 is 1.32 bits per heavy atom. The number of hydrogen-bond acceptors (Lipinski definition) is 8. The Morgan fingerprint density at radius 2 is 2.11 bits per heavy atom. The van der Waals surface area contributed by atoms with Gasteiger partial charge in [-0.15, -0.1) is 8.42 Å². The van der Waals surface area contributed by atoms with Crippen molar-refractivity contribution in [2.24, 2.45) is 0 Å². The average molecular weight is 430 g/mol. The summed E-state index contributed by atoms with van der Waals surface area (Å²) in [6.45, 7) is 6.64. The number of likely N-dealkylation sites (N-methyl/N-ethyl adjacent to an activating group) is 1. The molecule has 0 saturated heterocycles. The zero-order chi connectivity index (χ0) is 20.3. The van der Waals surface area contributed by atoms with E-state index >= 15 is 0 Å². The molecule has 2 N–H and O–H groups in total. The number of hydrogen-bond donors (Lipinski definition) is 2. The van der Waals surface area contributed by atoms with Crippen molar-refractivity contribution in [3.05, 3.63) is 23.2 Å². The Hall–Kier alpha value is -1.81. The van der Waals surface area contributed by atoms with Gasteiger partial charge in [0.15, 0.2) is 0 Å². The van der Waals surface area contributed by atoms with E-state index in [-0.39, 0.29) is 24.3 Å². The normalized spacial score (nSPS) is 15.9. The van der Waals surface area contributed by atoms with Crippen LogP contribution in [0.4, 0.5) is 5.69 Å². The molecule has 154 valence electrons. The Balaban J connectivity index is 1.80. The minimum absolute atomic E-state index is 0.0464. The van der Waals surface area contributed by atoms with Crippen LogP contribution in [0.3, 0.4) is 0 Å². The summed E-state index contributed by atoms with van der Waals surface area (Å²) in [7, 11) is -4.16. The van der Waals surface area contributed by atoms with E-state index in [9.17, 15) is 8.42 Å². The van der Waals surface area contributed by atoms with Crippen LogP contribution in [-0.4, -0.2) is 55.7 Å². The standard InChI is InChI=1S/C18H24ClN3O5S/c1-3-22(9-10-23)8-4-5-12(2)20-16-14-7-6-13(19)11-15(14)21-18-17(16)26-28(24,25)27-18/h6-7,11-12,23H,3-5,8-10H2,1-2H3,(H,20,21). The average Bonchev–Trinajstić information content (AvgIpc) is 2.94. The molecule has 0 fully saturated rings. The van der Waals surface area contributed by atoms with Crippen molar-refractivity contribution < 1.29 is 21.9 Å². The van der Waals surface area contributed by atoms with Crippen molar-refractivity contribution in [3.8, 4) is 11.6 Å². The molecule has 0 spiro atoms. The smallest absolute Gasteiger partial charge is 0.395 e. The highest BCUT2D eigenvalue weighted by Gasteiger charge is 2.34. The highest BCUT2D eigenvalue weighted by atomic mass is 35.5. The van der Waals surface area contributed by atoms with Crippen LogP contribution in [-0.2, 0) is 10.4 Å². The first kappa shape index (κ1) is 20.9. The SMILES string of the molecule is CCN(CCO)CCCC(C)Nc1c2c(nc3cc(Cl)ccc13)OS(=O)(=O)O2. The number of aliphatic hydroxyl groups excluding tert-OH is 1. The van der Waals surface area contributed by atoms with E-state index in [0.29, 0.717) is 28.2 Å². The van der Waals surface area contributed by atoms with Crippen LogP contribution in [0.5, 0.6) is 11.6 Å². The van der Waals surface area contributed by atoms with Crippen LogP contribution < -0.4 is 13.7 Å². The van der Waals surface area contributed by atoms with Gasteiger partial charge in [0.05, 0.1) is 17.8 Å². The van der Waals surface area contributed by atoms with Gasteiger partial charge >= 0.3 is 10.4 Å². The minimum atomic E-state index is -4.16. The van der Waals surface area contributed by atoms with Crippen LogP contribution in [0, 0.1) is 0 Å². The lowest BCUT2D eigenvalue weighted by atomic mass is 10.1. The number of aromatic nitrogens is 1. The molecule has 1 aromatic heterocycles. The number of fused-ring (bicyclic) bond motifs is 2. The van der Waals surface area contributed by atoms with E-state index in [1.54, 1.807) is 18.2 Å². The van der Waals surface area contributed by atoms with Crippen molar-refractivity contribution in [1.29, 1.82) is 0 Å². The molecule has 0 radical (unpaired) electrons. The number of nitrogens with one attached hydrogen (secondary N) is 1. The molecule has 2 aromatic rings. The van der Waals surface area contributed by atoms with Gasteiger partial charge in [-0.1, -0.05) is 18.5 Å². The predicted octanol–water partition coefficient (Wildman–Crippen LogP) is 2.80. The molecule has 1 aromatic carbocycles. The number of aliphatic hydroxyl groups is 1. The van der Waals surface area contributed by atoms with Crippen LogP contribution in [0.15, 0.2) is 18.2 Å². The number of rotatable bonds is 9. The zero-order valence-electron chi connectivity index (χ0n) is 15.8. The summed E-state index contributed by atoms with van der Waals surface area (Å²) in [4.78, 5) is 6.39. The van der Waals surface area contributed by atoms with Gasteiger partial charge in [-0.25, -0.2) is 4.98 Å². The maximum atomic E-state index is 11.7. The third-order valence-corrected chi connectivity index (χ3v) is 5.57. The highest BCUT2D eigenvalue weighted by molar-refractivity contribution is 7.82. The number of benzene rings is 1. The van der Waals surface area contributed by atoms with Crippen LogP contribution in [0.1, 0.15) is 26.7 Å². The lowest BCUT2D eigenvalue weighted by molar-refractivity contribution is 0.199. The van der Waals surface area contributed by atoms with Gasteiger partial charge < -0.3 is 23.7 Å². The molecule has 8 nitrogen and oxygen atoms in total. The van der Waals surface area contributed by atoms with Gasteiger partial charge in [-0.3, -0.25) is 0 Å². The quantitative estimate of drug-likeness (QED) is 0.627. The van der Waals surface area contributed by atoms with Gasteiger partial charge in [0.2, 0.25) is 5.75 Å². The molecule has 0 saturated carbocycles. The molecule has 1 aliphatic rings. The van der Waals surface area contributed by atoms with Gasteiger partial charge in [0.1, 0.15) is 0 Å². The molecule has 1 atom stereocenters. The Morgan fingerprint density at radius 3 is 2.82 bits per heavy atom. The molecule has 3 rings (SSSR count). The van der Waals surface area contributed by atoms with Crippen molar-refractivity contribution in [2.45, 2.75) is 32.7 Å². The number of halogens is 1. The van der Waals surface area contributed by atoms with E-state index in [2.05, 4.69) is 22.1 Å². The zero-order valence-corrected chi connectivity index (χ0v) is 17.4. The fourth-order valence-corrected chi connectivity index (χ4v) is 4.07. The molecule has 0 bridgehead atoms. The maximum Gasteiger partial charge on any atom is 0.502 e. The second-order valence-electron chi connectivity index (χ2n) is 6.70. The van der Waals surface area contributed by atoms with Crippen molar-refractivity contribution >= 4 is 38.6 Å². The fraction of sp³-hybridized carbons (Fsp3) is 0.500. The monoisotopic (exact) mass is 429 g/mol. The van der Waals surface area contributed by atoms with Crippen molar-refractivity contribution in [1.82, 2.24) is 9.88 Å². The summed E-state index contributed by atoms with van der Waals surface area (Å²) in [5.41, 5.74) is 1.04. The van der Waals surface area contributed by atoms with Gasteiger partial charge in [0.25, 0.3) is 5.88 Å². The molecule has 2 heterocycles. The van der Waals surface area contributed by atoms with E-state index in [4.69, 9.17) is 25.1 Å². The maximum absolute atomic E-state index is 11.7. The fourth-order valence-electron chi connectivity index (χ4n) is 3.20. The second-order valence-corrected chi connectivity index (χ2v) is 8.29. The lowest BCUT2D eigenvalue weighted by Gasteiger charge is -2.21. The van der Waals surface area contributed by atoms with Gasteiger partial charge in [-0.2, -0.15) is 0 Å². The van der Waals surface area contributed by atoms with Gasteiger partial charge in [0, 0.05) is 23.0 Å². The topological polar surface area (TPSA) is 101 Å². The third-order valence-electron chi connectivity index (χ3n) is 4.60. The Kier molecular flexibility index (Phi) is 6.49. The summed E-state index contributed by atoms with van der Waals surface area (Å²) in [6, 6.07) is 5.18. The minimum Gasteiger partial charge on any atom is -0.395 e. The highest BCUT2D eigenvalue weighted by Crippen LogP contribution is 2.45. The predicted molar refractivity (Wildman–Crippen MR) is 108 cm³/mol. The van der Waals surface area contributed by atoms with E-state index < -0.39 is 10.4 Å². The molecule has 1 aliphatic heterocycles. The van der Waals surface area contributed by atoms with Crippen molar-refractivity contribution in [3.63, 3.8) is 0 Å². The third kappa shape index (κ3) is 4.78. The molecule has 10 heteroatoms. The van der Waals surface area contributed by atoms with Crippen molar-refractivity contribution in [2.75, 3.05) is 31.6 Å². The first-order valence-electron chi connectivity index (χ1n) is 9.20. The first-order valence-corrected chi connectivity index (χ1v) is 10.9. The summed E-state index contributed by atoms with van der Waals surface area (Å²) >= 11 is 6.05. The molecule has 0 amide bonds. The van der Waals surface area contributed by atoms with E-state index in [1.165, 1.54) is 0 Å². The van der Waals surface area contributed by atoms with Crippen LogP contribution >= 0.6 is 11.6 Å². The summed E-state index contributed by atoms with van der Waals surface area (Å²) < 4.78 is 33.4. The Bertz CT molecular complexity index is 954. The largest absolute Gasteiger partial charge is 0.502 e. The van der Waals surface area contributed by atoms with E-state index in [1.807, 2.05) is 6.92 Å². The van der Waals surface area contributed by atoms with Gasteiger partial charge in [-0.05, 0) is 51.1 Å². The first-order chi connectivity index (χ1) is 13.3. The molecule has 1 unspecified atom stereocenters. The van der Waals surface area contributed by atoms with Crippen LogP contribution in [0.2, 0.25) is 5.02 Å². The molecular weight excluding hydrogens is 406 g/mol. The molecule has 28 heavy (non-hydrogen) atoms. The number of nitrogens with zero attached hydrogens (tertiary/aromatic N) is 2. The van der Waals surface area contributed by atoms with E-state index in [0.717, 1.165) is 25.9 Å². The summed E-state index contributed by atoms with van der Waals surface area (Å²) in [5, 5.41) is 13.6.